The van der Waals surface area contributed by atoms with Crippen LogP contribution >= 0.6 is 0 Å². The molecule has 0 saturated carbocycles. The van der Waals surface area contributed by atoms with Crippen LogP contribution in [0.1, 0.15) is 37.7 Å². The summed E-state index contributed by atoms with van der Waals surface area (Å²) in [6.45, 7) is 4.99. The van der Waals surface area contributed by atoms with Gasteiger partial charge in [0.2, 0.25) is 0 Å². The number of carbonyl (C=O) groups excluding carboxylic acids is 1. The first-order valence-corrected chi connectivity index (χ1v) is 7.25. The maximum absolute atomic E-state index is 12.2. The number of hydrogen-bond acceptors (Lipinski definition) is 4. The molecule has 1 atom stereocenters. The first kappa shape index (κ1) is 15.4. The number of benzene rings is 1. The highest BCUT2D eigenvalue weighted by Crippen LogP contribution is 2.14. The largest absolute Gasteiger partial charge is 0.324 e. The second-order valence-electron chi connectivity index (χ2n) is 5.69. The van der Waals surface area contributed by atoms with Gasteiger partial charge in [-0.05, 0) is 11.5 Å². The third kappa shape index (κ3) is 4.49. The molecule has 1 aromatic carbocycles. The zero-order valence-electron chi connectivity index (χ0n) is 12.6. The van der Waals surface area contributed by atoms with Gasteiger partial charge < -0.3 is 5.73 Å². The third-order valence-corrected chi connectivity index (χ3v) is 3.26. The summed E-state index contributed by atoms with van der Waals surface area (Å²) in [6, 6.07) is 9.42. The molecule has 0 saturated heterocycles. The van der Waals surface area contributed by atoms with E-state index in [2.05, 4.69) is 23.9 Å². The summed E-state index contributed by atoms with van der Waals surface area (Å²) in [7, 11) is 0. The lowest BCUT2D eigenvalue weighted by Crippen LogP contribution is -2.19. The molecule has 0 aliphatic heterocycles. The van der Waals surface area contributed by atoms with E-state index in [1.165, 1.54) is 6.33 Å². The molecular weight excluding hydrogens is 264 g/mol. The second kappa shape index (κ2) is 7.13. The highest BCUT2D eigenvalue weighted by Gasteiger charge is 2.15. The van der Waals surface area contributed by atoms with Crippen molar-refractivity contribution in [1.29, 1.82) is 0 Å². The predicted molar refractivity (Wildman–Crippen MR) is 81.6 cm³/mol. The Morgan fingerprint density at radius 3 is 2.67 bits per heavy atom. The molecule has 0 amide bonds. The summed E-state index contributed by atoms with van der Waals surface area (Å²) >= 11 is 0. The Morgan fingerprint density at radius 1 is 1.29 bits per heavy atom. The molecule has 1 unspecified atom stereocenters. The number of aromatic nitrogens is 3. The smallest absolute Gasteiger partial charge is 0.142 e. The van der Waals surface area contributed by atoms with Gasteiger partial charge in [0.1, 0.15) is 17.9 Å². The van der Waals surface area contributed by atoms with Gasteiger partial charge in [-0.3, -0.25) is 4.79 Å². The predicted octanol–water partition coefficient (Wildman–Crippen LogP) is 2.14. The van der Waals surface area contributed by atoms with Gasteiger partial charge in [0, 0.05) is 19.0 Å². The molecule has 0 bridgehead atoms. The Hall–Kier alpha value is -2.01. The lowest BCUT2D eigenvalue weighted by atomic mass is 10.0. The van der Waals surface area contributed by atoms with E-state index in [9.17, 15) is 4.79 Å². The molecule has 2 aromatic rings. The van der Waals surface area contributed by atoms with Crippen molar-refractivity contribution in [2.75, 3.05) is 0 Å². The molecule has 5 heteroatoms. The Labute approximate surface area is 125 Å². The number of nitrogens with two attached hydrogens (primary N) is 1. The van der Waals surface area contributed by atoms with Crippen LogP contribution < -0.4 is 5.73 Å². The first-order valence-electron chi connectivity index (χ1n) is 7.25. The lowest BCUT2D eigenvalue weighted by molar-refractivity contribution is -0.118. The topological polar surface area (TPSA) is 73.8 Å². The molecule has 1 heterocycles. The van der Waals surface area contributed by atoms with Crippen molar-refractivity contribution in [2.24, 2.45) is 11.7 Å². The van der Waals surface area contributed by atoms with E-state index < -0.39 is 0 Å². The van der Waals surface area contributed by atoms with Crippen molar-refractivity contribution in [3.8, 4) is 0 Å². The zero-order valence-corrected chi connectivity index (χ0v) is 12.6. The van der Waals surface area contributed by atoms with Crippen molar-refractivity contribution in [3.63, 3.8) is 0 Å². The van der Waals surface area contributed by atoms with Gasteiger partial charge in [0.25, 0.3) is 0 Å². The van der Waals surface area contributed by atoms with Gasteiger partial charge in [-0.1, -0.05) is 44.2 Å². The molecule has 0 fully saturated rings. The van der Waals surface area contributed by atoms with Crippen LogP contribution in [-0.2, 0) is 17.8 Å². The van der Waals surface area contributed by atoms with E-state index in [1.54, 1.807) is 4.68 Å². The quantitative estimate of drug-likeness (QED) is 0.846. The van der Waals surface area contributed by atoms with E-state index in [-0.39, 0.29) is 18.2 Å². The van der Waals surface area contributed by atoms with Crippen LogP contribution in [0.5, 0.6) is 0 Å². The van der Waals surface area contributed by atoms with E-state index in [1.807, 2.05) is 30.3 Å². The summed E-state index contributed by atoms with van der Waals surface area (Å²) in [6.07, 6.45) is 2.11. The summed E-state index contributed by atoms with van der Waals surface area (Å²) in [5.74, 6) is 1.27. The lowest BCUT2D eigenvalue weighted by Gasteiger charge is -2.12. The fourth-order valence-electron chi connectivity index (χ4n) is 2.24. The molecule has 0 spiro atoms. The number of rotatable bonds is 7. The molecule has 2 rings (SSSR count). The number of Topliss-reactive ketones (excluding diaryl/α,β-unsaturated/α-hetero) is 1. The Bertz CT molecular complexity index is 577. The SMILES string of the molecule is CC(C)Cn1ncnc1CC(=O)CC(N)c1ccccc1. The van der Waals surface area contributed by atoms with Crippen LogP contribution in [0.3, 0.4) is 0 Å². The molecule has 0 radical (unpaired) electrons. The summed E-state index contributed by atoms with van der Waals surface area (Å²) < 4.78 is 1.80. The number of ketones is 1. The van der Waals surface area contributed by atoms with Gasteiger partial charge in [0.15, 0.2) is 0 Å². The van der Waals surface area contributed by atoms with E-state index in [0.717, 1.165) is 12.1 Å². The Balaban J connectivity index is 1.94. The second-order valence-corrected chi connectivity index (χ2v) is 5.69. The fraction of sp³-hybridized carbons (Fsp3) is 0.438. The minimum absolute atomic E-state index is 0.0874. The van der Waals surface area contributed by atoms with Crippen LogP contribution in [-0.4, -0.2) is 20.5 Å². The molecule has 0 aliphatic carbocycles. The van der Waals surface area contributed by atoms with Gasteiger partial charge in [-0.2, -0.15) is 5.10 Å². The van der Waals surface area contributed by atoms with E-state index in [0.29, 0.717) is 18.2 Å². The average molecular weight is 286 g/mol. The van der Waals surface area contributed by atoms with Crippen LogP contribution in [0, 0.1) is 5.92 Å². The van der Waals surface area contributed by atoms with E-state index >= 15 is 0 Å². The normalized spacial score (nSPS) is 12.6. The summed E-state index contributed by atoms with van der Waals surface area (Å²) in [5.41, 5.74) is 7.06. The summed E-state index contributed by atoms with van der Waals surface area (Å²) in [5, 5.41) is 4.17. The number of hydrogen-bond donors (Lipinski definition) is 1. The standard InChI is InChI=1S/C16H22N4O/c1-12(2)10-20-16(18-11-19-20)9-14(21)8-15(17)13-6-4-3-5-7-13/h3-7,11-12,15H,8-10,17H2,1-2H3. The van der Waals surface area contributed by atoms with Crippen LogP contribution in [0.4, 0.5) is 0 Å². The third-order valence-electron chi connectivity index (χ3n) is 3.26. The van der Waals surface area contributed by atoms with Crippen LogP contribution in [0.15, 0.2) is 36.7 Å². The first-order chi connectivity index (χ1) is 10.1. The molecule has 112 valence electrons. The highest BCUT2D eigenvalue weighted by atomic mass is 16.1. The molecule has 1 aromatic heterocycles. The van der Waals surface area contributed by atoms with Gasteiger partial charge in [-0.15, -0.1) is 0 Å². The Morgan fingerprint density at radius 2 is 2.00 bits per heavy atom. The van der Waals surface area contributed by atoms with Crippen LogP contribution in [0.2, 0.25) is 0 Å². The molecule has 2 N–H and O–H groups in total. The molecule has 21 heavy (non-hydrogen) atoms. The van der Waals surface area contributed by atoms with Gasteiger partial charge in [-0.25, -0.2) is 9.67 Å². The van der Waals surface area contributed by atoms with Crippen molar-refractivity contribution in [1.82, 2.24) is 14.8 Å². The van der Waals surface area contributed by atoms with Crippen molar-refractivity contribution in [2.45, 2.75) is 39.3 Å². The molecule has 5 nitrogen and oxygen atoms in total. The van der Waals surface area contributed by atoms with Crippen molar-refractivity contribution in [3.05, 3.63) is 48.0 Å². The molecule has 0 aliphatic rings. The van der Waals surface area contributed by atoms with Gasteiger partial charge >= 0.3 is 0 Å². The minimum Gasteiger partial charge on any atom is -0.324 e. The fourth-order valence-corrected chi connectivity index (χ4v) is 2.24. The van der Waals surface area contributed by atoms with Crippen molar-refractivity contribution >= 4 is 5.78 Å². The van der Waals surface area contributed by atoms with Crippen LogP contribution in [0.25, 0.3) is 0 Å². The maximum Gasteiger partial charge on any atom is 0.142 e. The highest BCUT2D eigenvalue weighted by molar-refractivity contribution is 5.80. The zero-order chi connectivity index (χ0) is 15.2. The number of nitrogens with zero attached hydrogens (tertiary/aromatic N) is 3. The summed E-state index contributed by atoms with van der Waals surface area (Å²) in [4.78, 5) is 16.4. The molecular formula is C16H22N4O. The minimum atomic E-state index is -0.264. The average Bonchev–Trinajstić information content (AvgIpc) is 2.86. The monoisotopic (exact) mass is 286 g/mol. The number of carbonyl (C=O) groups is 1. The van der Waals surface area contributed by atoms with E-state index in [4.69, 9.17) is 5.73 Å². The Kier molecular flexibility index (Phi) is 5.22. The maximum atomic E-state index is 12.2. The van der Waals surface area contributed by atoms with Crippen molar-refractivity contribution < 1.29 is 4.79 Å². The van der Waals surface area contributed by atoms with Gasteiger partial charge in [0.05, 0.1) is 6.42 Å².